The van der Waals surface area contributed by atoms with Crippen LogP contribution in [0.25, 0.3) is 0 Å². The first-order valence-corrected chi connectivity index (χ1v) is 11.0. The van der Waals surface area contributed by atoms with Gasteiger partial charge in [-0.3, -0.25) is 14.5 Å². The first-order valence-electron chi connectivity index (χ1n) is 9.71. The Bertz CT molecular complexity index is 1030. The van der Waals surface area contributed by atoms with Crippen molar-refractivity contribution >= 4 is 51.7 Å². The fourth-order valence-corrected chi connectivity index (χ4v) is 4.48. The van der Waals surface area contributed by atoms with Crippen LogP contribution < -0.4 is 14.8 Å². The fourth-order valence-electron chi connectivity index (χ4n) is 3.09. The topological polar surface area (TPSA) is 80.2 Å². The summed E-state index contributed by atoms with van der Waals surface area (Å²) in [7, 11) is 3.12. The van der Waals surface area contributed by atoms with Crippen molar-refractivity contribution in [3.05, 3.63) is 47.0 Å². The molecule has 0 radical (unpaired) electrons. The highest BCUT2D eigenvalue weighted by molar-refractivity contribution is 8.15. The van der Waals surface area contributed by atoms with Crippen LogP contribution >= 0.6 is 23.4 Å². The van der Waals surface area contributed by atoms with Gasteiger partial charge in [0.25, 0.3) is 0 Å². The Balaban J connectivity index is 1.77. The Kier molecular flexibility index (Phi) is 7.46. The van der Waals surface area contributed by atoms with E-state index in [-0.39, 0.29) is 18.2 Å². The van der Waals surface area contributed by atoms with Crippen molar-refractivity contribution < 1.29 is 19.1 Å². The van der Waals surface area contributed by atoms with Crippen LogP contribution in [0.4, 0.5) is 11.4 Å². The van der Waals surface area contributed by atoms with Crippen molar-refractivity contribution in [1.82, 2.24) is 4.90 Å². The fraction of sp³-hybridized carbons (Fsp3) is 0.318. The molecule has 0 bridgehead atoms. The summed E-state index contributed by atoms with van der Waals surface area (Å²) >= 11 is 7.30. The van der Waals surface area contributed by atoms with Gasteiger partial charge in [0.2, 0.25) is 11.8 Å². The van der Waals surface area contributed by atoms with Crippen LogP contribution in [0.1, 0.15) is 18.9 Å². The third kappa shape index (κ3) is 5.32. The minimum Gasteiger partial charge on any atom is -0.497 e. The number of hydrogen-bond acceptors (Lipinski definition) is 6. The van der Waals surface area contributed by atoms with Gasteiger partial charge in [-0.15, -0.1) is 0 Å². The number of ether oxygens (including phenoxy) is 2. The van der Waals surface area contributed by atoms with E-state index in [9.17, 15) is 9.59 Å². The summed E-state index contributed by atoms with van der Waals surface area (Å²) < 4.78 is 10.6. The quantitative estimate of drug-likeness (QED) is 0.649. The maximum absolute atomic E-state index is 12.9. The normalized spacial score (nSPS) is 17.2. The smallest absolute Gasteiger partial charge is 0.242 e. The Morgan fingerprint density at radius 2 is 2.00 bits per heavy atom. The number of rotatable bonds is 7. The van der Waals surface area contributed by atoms with Gasteiger partial charge in [0, 0.05) is 29.7 Å². The molecular formula is C22H24ClN3O4S. The van der Waals surface area contributed by atoms with Crippen LogP contribution in [0.3, 0.4) is 0 Å². The summed E-state index contributed by atoms with van der Waals surface area (Å²) in [6, 6.07) is 10.6. The van der Waals surface area contributed by atoms with E-state index in [0.29, 0.717) is 39.6 Å². The molecule has 1 saturated heterocycles. The van der Waals surface area contributed by atoms with Crippen molar-refractivity contribution in [1.29, 1.82) is 0 Å². The molecule has 0 aromatic heterocycles. The van der Waals surface area contributed by atoms with Crippen LogP contribution in [0.15, 0.2) is 41.4 Å². The number of amidine groups is 1. The number of nitrogens with one attached hydrogen (secondary N) is 1. The molecule has 0 aliphatic carbocycles. The Labute approximate surface area is 190 Å². The molecule has 0 spiro atoms. The number of carbonyl (C=O) groups excluding carboxylic acids is 2. The molecule has 2 amide bonds. The van der Waals surface area contributed by atoms with Crippen molar-refractivity contribution in [3.63, 3.8) is 0 Å². The number of benzene rings is 2. The molecule has 1 aliphatic rings. The highest BCUT2D eigenvalue weighted by Crippen LogP contribution is 2.36. The van der Waals surface area contributed by atoms with Crippen LogP contribution in [0, 0.1) is 6.92 Å². The molecule has 7 nitrogen and oxygen atoms in total. The van der Waals surface area contributed by atoms with E-state index in [2.05, 4.69) is 10.3 Å². The lowest BCUT2D eigenvalue weighted by Crippen LogP contribution is -2.33. The molecule has 31 heavy (non-hydrogen) atoms. The van der Waals surface area contributed by atoms with Gasteiger partial charge in [-0.1, -0.05) is 29.4 Å². The monoisotopic (exact) mass is 461 g/mol. The number of methoxy groups -OCH3 is 2. The van der Waals surface area contributed by atoms with Gasteiger partial charge in [0.15, 0.2) is 5.17 Å². The zero-order chi connectivity index (χ0) is 22.5. The lowest BCUT2D eigenvalue weighted by atomic mass is 10.2. The Morgan fingerprint density at radius 3 is 2.68 bits per heavy atom. The van der Waals surface area contributed by atoms with Gasteiger partial charge in [-0.25, -0.2) is 4.99 Å². The van der Waals surface area contributed by atoms with E-state index in [0.717, 1.165) is 5.56 Å². The average Bonchev–Trinajstić information content (AvgIpc) is 3.04. The van der Waals surface area contributed by atoms with Crippen LogP contribution in [-0.4, -0.2) is 47.9 Å². The third-order valence-electron chi connectivity index (χ3n) is 4.78. The first-order chi connectivity index (χ1) is 14.9. The van der Waals surface area contributed by atoms with Gasteiger partial charge in [0.05, 0.1) is 14.2 Å². The van der Waals surface area contributed by atoms with Crippen molar-refractivity contribution in [2.24, 2.45) is 4.99 Å². The average molecular weight is 462 g/mol. The SMILES string of the molecule is CCN1C(=O)[C@H](CC(=O)Nc2cc(Cl)ccc2C)SC1=Nc1ccc(OC)cc1OC. The highest BCUT2D eigenvalue weighted by atomic mass is 35.5. The van der Waals surface area contributed by atoms with E-state index < -0.39 is 5.25 Å². The van der Waals surface area contributed by atoms with Gasteiger partial charge in [-0.2, -0.15) is 0 Å². The van der Waals surface area contributed by atoms with E-state index >= 15 is 0 Å². The summed E-state index contributed by atoms with van der Waals surface area (Å²) in [5, 5.41) is 3.36. The molecule has 0 saturated carbocycles. The molecule has 1 heterocycles. The van der Waals surface area contributed by atoms with Gasteiger partial charge < -0.3 is 14.8 Å². The number of nitrogens with zero attached hydrogens (tertiary/aromatic N) is 2. The van der Waals surface area contributed by atoms with E-state index in [4.69, 9.17) is 21.1 Å². The predicted molar refractivity (Wildman–Crippen MR) is 125 cm³/mol. The summed E-state index contributed by atoms with van der Waals surface area (Å²) in [5.41, 5.74) is 2.11. The zero-order valence-corrected chi connectivity index (χ0v) is 19.3. The molecule has 1 atom stereocenters. The predicted octanol–water partition coefficient (Wildman–Crippen LogP) is 4.65. The first kappa shape index (κ1) is 23.0. The minimum absolute atomic E-state index is 0.0325. The molecule has 3 rings (SSSR count). The standard InChI is InChI=1S/C22H24ClN3O4S/c1-5-26-21(28)19(12-20(27)24-17-10-14(23)7-6-13(17)2)31-22(26)25-16-9-8-15(29-3)11-18(16)30-4/h6-11,19H,5,12H2,1-4H3,(H,24,27)/t19-/m0/s1. The summed E-state index contributed by atoms with van der Waals surface area (Å²) in [5.74, 6) is 0.787. The molecular weight excluding hydrogens is 438 g/mol. The highest BCUT2D eigenvalue weighted by Gasteiger charge is 2.38. The second-order valence-electron chi connectivity index (χ2n) is 6.83. The lowest BCUT2D eigenvalue weighted by Gasteiger charge is -2.14. The van der Waals surface area contributed by atoms with Crippen LogP contribution in [0.2, 0.25) is 5.02 Å². The van der Waals surface area contributed by atoms with Gasteiger partial charge >= 0.3 is 0 Å². The number of aryl methyl sites for hydroxylation is 1. The van der Waals surface area contributed by atoms with Crippen molar-refractivity contribution in [2.45, 2.75) is 25.5 Å². The second kappa shape index (κ2) is 10.1. The second-order valence-corrected chi connectivity index (χ2v) is 8.44. The molecule has 9 heteroatoms. The number of aliphatic imine (C=N–C) groups is 1. The number of amides is 2. The number of thioether (sulfide) groups is 1. The number of carbonyl (C=O) groups is 2. The largest absolute Gasteiger partial charge is 0.497 e. The number of hydrogen-bond donors (Lipinski definition) is 1. The number of halogens is 1. The molecule has 164 valence electrons. The van der Waals surface area contributed by atoms with Crippen molar-refractivity contribution in [2.75, 3.05) is 26.1 Å². The van der Waals surface area contributed by atoms with E-state index in [1.54, 1.807) is 49.5 Å². The Hall–Kier alpha value is -2.71. The summed E-state index contributed by atoms with van der Waals surface area (Å²) in [6.07, 6.45) is 0.0325. The molecule has 1 fully saturated rings. The molecule has 2 aromatic carbocycles. The maximum Gasteiger partial charge on any atom is 0.242 e. The van der Waals surface area contributed by atoms with E-state index in [1.807, 2.05) is 19.9 Å². The van der Waals surface area contributed by atoms with Crippen LogP contribution in [0.5, 0.6) is 11.5 Å². The van der Waals surface area contributed by atoms with Gasteiger partial charge in [0.1, 0.15) is 22.4 Å². The van der Waals surface area contributed by atoms with Gasteiger partial charge in [-0.05, 0) is 43.7 Å². The summed E-state index contributed by atoms with van der Waals surface area (Å²) in [6.45, 7) is 4.21. The van der Waals surface area contributed by atoms with E-state index in [1.165, 1.54) is 11.8 Å². The van der Waals surface area contributed by atoms with Crippen LogP contribution in [-0.2, 0) is 9.59 Å². The maximum atomic E-state index is 12.9. The van der Waals surface area contributed by atoms with Crippen molar-refractivity contribution in [3.8, 4) is 11.5 Å². The zero-order valence-electron chi connectivity index (χ0n) is 17.8. The summed E-state index contributed by atoms with van der Waals surface area (Å²) in [4.78, 5) is 31.7. The Morgan fingerprint density at radius 1 is 1.23 bits per heavy atom. The molecule has 0 unspecified atom stereocenters. The minimum atomic E-state index is -0.553. The number of anilines is 1. The third-order valence-corrected chi connectivity index (χ3v) is 6.19. The lowest BCUT2D eigenvalue weighted by molar-refractivity contribution is -0.128. The molecule has 2 aromatic rings. The molecule has 1 aliphatic heterocycles. The molecule has 1 N–H and O–H groups in total.